The number of benzene rings is 1. The highest BCUT2D eigenvalue weighted by molar-refractivity contribution is 7.20. The maximum absolute atomic E-state index is 12.8. The van der Waals surface area contributed by atoms with E-state index in [1.54, 1.807) is 13.4 Å². The molecule has 1 aromatic carbocycles. The normalized spacial score (nSPS) is 16.0. The molecule has 2 aromatic heterocycles. The number of ether oxygens (including phenoxy) is 2. The van der Waals surface area contributed by atoms with Crippen molar-refractivity contribution in [2.24, 2.45) is 0 Å². The number of aryl methyl sites for hydroxylation is 1. The number of hydrogen-bond acceptors (Lipinski definition) is 7. The van der Waals surface area contributed by atoms with Crippen LogP contribution in [0.3, 0.4) is 0 Å². The third-order valence-electron chi connectivity index (χ3n) is 5.31. The van der Waals surface area contributed by atoms with E-state index in [1.165, 1.54) is 11.3 Å². The molecule has 8 heteroatoms. The first-order chi connectivity index (χ1) is 14.7. The summed E-state index contributed by atoms with van der Waals surface area (Å²) in [4.78, 5) is 23.1. The average Bonchev–Trinajstić information content (AvgIpc) is 3.41. The van der Waals surface area contributed by atoms with Gasteiger partial charge in [-0.2, -0.15) is 0 Å². The number of anilines is 1. The van der Waals surface area contributed by atoms with Crippen molar-refractivity contribution in [2.75, 3.05) is 32.1 Å². The van der Waals surface area contributed by atoms with E-state index in [1.807, 2.05) is 31.2 Å². The third kappa shape index (κ3) is 4.55. The van der Waals surface area contributed by atoms with Crippen molar-refractivity contribution in [2.45, 2.75) is 32.3 Å². The molecule has 0 spiro atoms. The van der Waals surface area contributed by atoms with Crippen LogP contribution in [0.25, 0.3) is 10.2 Å². The van der Waals surface area contributed by atoms with Crippen molar-refractivity contribution >= 4 is 33.3 Å². The molecule has 0 unspecified atom stereocenters. The molecule has 2 N–H and O–H groups in total. The Morgan fingerprint density at radius 3 is 2.87 bits per heavy atom. The van der Waals surface area contributed by atoms with Crippen molar-refractivity contribution in [3.63, 3.8) is 0 Å². The largest absolute Gasteiger partial charge is 0.497 e. The second kappa shape index (κ2) is 9.40. The van der Waals surface area contributed by atoms with Gasteiger partial charge in [0, 0.05) is 19.7 Å². The molecule has 1 saturated heterocycles. The van der Waals surface area contributed by atoms with Crippen LogP contribution in [0, 0.1) is 6.92 Å². The SMILES string of the molecule is COc1ccc(CCNC(=O)c2sc3ncnc(NC[C@H]4CCCO4)c3c2C)cc1. The van der Waals surface area contributed by atoms with Crippen LogP contribution < -0.4 is 15.4 Å². The van der Waals surface area contributed by atoms with Gasteiger partial charge in [-0.15, -0.1) is 11.3 Å². The van der Waals surface area contributed by atoms with Gasteiger partial charge < -0.3 is 20.1 Å². The molecule has 7 nitrogen and oxygen atoms in total. The summed E-state index contributed by atoms with van der Waals surface area (Å²) in [7, 11) is 1.65. The molecule has 0 bridgehead atoms. The molecular formula is C22H26N4O3S. The number of aromatic nitrogens is 2. The minimum Gasteiger partial charge on any atom is -0.497 e. The zero-order valence-corrected chi connectivity index (χ0v) is 18.1. The summed E-state index contributed by atoms with van der Waals surface area (Å²) in [5.41, 5.74) is 2.06. The molecule has 1 amide bonds. The van der Waals surface area contributed by atoms with Crippen LogP contribution in [0.2, 0.25) is 0 Å². The Kier molecular flexibility index (Phi) is 6.44. The molecule has 1 aliphatic rings. The summed E-state index contributed by atoms with van der Waals surface area (Å²) in [5, 5.41) is 7.33. The highest BCUT2D eigenvalue weighted by Crippen LogP contribution is 2.33. The van der Waals surface area contributed by atoms with Gasteiger partial charge in [0.1, 0.15) is 22.7 Å². The molecule has 158 valence electrons. The molecule has 0 aliphatic carbocycles. The zero-order valence-electron chi connectivity index (χ0n) is 17.2. The minimum absolute atomic E-state index is 0.0749. The van der Waals surface area contributed by atoms with Crippen molar-refractivity contribution in [3.8, 4) is 5.75 Å². The number of methoxy groups -OCH3 is 1. The first-order valence-corrected chi connectivity index (χ1v) is 11.0. The Hall–Kier alpha value is -2.71. The number of carbonyl (C=O) groups excluding carboxylic acids is 1. The predicted molar refractivity (Wildman–Crippen MR) is 119 cm³/mol. The van der Waals surface area contributed by atoms with Crippen molar-refractivity contribution in [3.05, 3.63) is 46.6 Å². The highest BCUT2D eigenvalue weighted by Gasteiger charge is 2.20. The van der Waals surface area contributed by atoms with E-state index < -0.39 is 0 Å². The number of nitrogens with zero attached hydrogens (tertiary/aromatic N) is 2. The van der Waals surface area contributed by atoms with Crippen LogP contribution in [-0.4, -0.2) is 48.8 Å². The van der Waals surface area contributed by atoms with E-state index in [4.69, 9.17) is 9.47 Å². The van der Waals surface area contributed by atoms with Crippen LogP contribution in [0.5, 0.6) is 5.75 Å². The minimum atomic E-state index is -0.0749. The monoisotopic (exact) mass is 426 g/mol. The second-order valence-corrected chi connectivity index (χ2v) is 8.33. The zero-order chi connectivity index (χ0) is 20.9. The number of nitrogens with one attached hydrogen (secondary N) is 2. The van der Waals surface area contributed by atoms with Crippen LogP contribution >= 0.6 is 11.3 Å². The third-order valence-corrected chi connectivity index (χ3v) is 6.51. The number of fused-ring (bicyclic) bond motifs is 1. The van der Waals surface area contributed by atoms with Gasteiger partial charge in [0.15, 0.2) is 0 Å². The number of hydrogen-bond donors (Lipinski definition) is 2. The van der Waals surface area contributed by atoms with Gasteiger partial charge in [-0.25, -0.2) is 9.97 Å². The number of carbonyl (C=O) groups is 1. The fraction of sp³-hybridized carbons (Fsp3) is 0.409. The molecule has 4 rings (SSSR count). The van der Waals surface area contributed by atoms with E-state index in [2.05, 4.69) is 20.6 Å². The fourth-order valence-corrected chi connectivity index (χ4v) is 4.70. The van der Waals surface area contributed by atoms with Crippen LogP contribution in [0.15, 0.2) is 30.6 Å². The second-order valence-electron chi connectivity index (χ2n) is 7.33. The van der Waals surface area contributed by atoms with Gasteiger partial charge in [-0.1, -0.05) is 12.1 Å². The van der Waals surface area contributed by atoms with Gasteiger partial charge in [0.05, 0.1) is 23.5 Å². The number of rotatable bonds is 8. The molecular weight excluding hydrogens is 400 g/mol. The standard InChI is InChI=1S/C22H26N4O3S/c1-14-18-20(24-12-17-4-3-11-29-17)25-13-26-22(18)30-19(14)21(27)23-10-9-15-5-7-16(28-2)8-6-15/h5-8,13,17H,3-4,9-12H2,1-2H3,(H,23,27)(H,24,25,26)/t17-/m1/s1. The molecule has 3 heterocycles. The van der Waals surface area contributed by atoms with Crippen molar-refractivity contribution in [1.29, 1.82) is 0 Å². The lowest BCUT2D eigenvalue weighted by Crippen LogP contribution is -2.25. The number of amides is 1. The van der Waals surface area contributed by atoms with Gasteiger partial charge in [-0.05, 0) is 49.4 Å². The molecule has 3 aromatic rings. The van der Waals surface area contributed by atoms with E-state index >= 15 is 0 Å². The van der Waals surface area contributed by atoms with Gasteiger partial charge in [0.2, 0.25) is 0 Å². The lowest BCUT2D eigenvalue weighted by Gasteiger charge is -2.12. The fourth-order valence-electron chi connectivity index (χ4n) is 3.63. The topological polar surface area (TPSA) is 85.4 Å². The summed E-state index contributed by atoms with van der Waals surface area (Å²) in [6.45, 7) is 4.06. The summed E-state index contributed by atoms with van der Waals surface area (Å²) in [6.07, 6.45) is 4.68. The smallest absolute Gasteiger partial charge is 0.261 e. The molecule has 30 heavy (non-hydrogen) atoms. The van der Waals surface area contributed by atoms with Crippen LogP contribution in [-0.2, 0) is 11.2 Å². The van der Waals surface area contributed by atoms with E-state index in [-0.39, 0.29) is 12.0 Å². The van der Waals surface area contributed by atoms with E-state index in [0.29, 0.717) is 18.0 Å². The highest BCUT2D eigenvalue weighted by atomic mass is 32.1. The van der Waals surface area contributed by atoms with E-state index in [9.17, 15) is 4.79 Å². The van der Waals surface area contributed by atoms with Crippen molar-refractivity contribution < 1.29 is 14.3 Å². The Morgan fingerprint density at radius 1 is 1.30 bits per heavy atom. The lowest BCUT2D eigenvalue weighted by atomic mass is 10.1. The summed E-state index contributed by atoms with van der Waals surface area (Å²) in [5.74, 6) is 1.52. The van der Waals surface area contributed by atoms with Gasteiger partial charge in [0.25, 0.3) is 5.91 Å². The maximum atomic E-state index is 12.8. The predicted octanol–water partition coefficient (Wildman–Crippen LogP) is 3.57. The average molecular weight is 427 g/mol. The van der Waals surface area contributed by atoms with Gasteiger partial charge in [-0.3, -0.25) is 4.79 Å². The maximum Gasteiger partial charge on any atom is 0.261 e. The summed E-state index contributed by atoms with van der Waals surface area (Å²) < 4.78 is 10.9. The van der Waals surface area contributed by atoms with E-state index in [0.717, 1.165) is 58.8 Å². The van der Waals surface area contributed by atoms with Gasteiger partial charge >= 0.3 is 0 Å². The Balaban J connectivity index is 1.41. The summed E-state index contributed by atoms with van der Waals surface area (Å²) >= 11 is 1.40. The number of thiophene rings is 1. The first-order valence-electron chi connectivity index (χ1n) is 10.2. The molecule has 0 radical (unpaired) electrons. The quantitative estimate of drug-likeness (QED) is 0.573. The van der Waals surface area contributed by atoms with Crippen LogP contribution in [0.1, 0.15) is 33.6 Å². The molecule has 1 atom stereocenters. The lowest BCUT2D eigenvalue weighted by molar-refractivity contribution is 0.0957. The molecule has 0 saturated carbocycles. The Labute approximate surface area is 179 Å². The summed E-state index contributed by atoms with van der Waals surface area (Å²) in [6, 6.07) is 7.88. The molecule has 1 fully saturated rings. The van der Waals surface area contributed by atoms with Crippen molar-refractivity contribution in [1.82, 2.24) is 15.3 Å². The Morgan fingerprint density at radius 2 is 2.13 bits per heavy atom. The first kappa shape index (κ1) is 20.6. The Bertz CT molecular complexity index is 1010. The van der Waals surface area contributed by atoms with Crippen LogP contribution in [0.4, 0.5) is 5.82 Å². The molecule has 1 aliphatic heterocycles.